The molecule has 0 aromatic rings. The average molecular weight is 959 g/mol. The number of hydrogen-bond acceptors (Lipinski definition) is 16. The summed E-state index contributed by atoms with van der Waals surface area (Å²) in [6.45, 7) is 2.51. The predicted octanol–water partition coefficient (Wildman–Crippen LogP) is 4.33. The van der Waals surface area contributed by atoms with Gasteiger partial charge in [-0.2, -0.15) is 0 Å². The number of carbonyl (C=O) groups excluding carboxylic acids is 2. The van der Waals surface area contributed by atoms with Crippen molar-refractivity contribution in [3.05, 3.63) is 36.5 Å². The Morgan fingerprint density at radius 1 is 0.859 bits per heavy atom. The lowest BCUT2D eigenvalue weighted by molar-refractivity contribution is -0.165. The maximum Gasteiger partial charge on any atom is 0.472 e. The minimum Gasteiger partial charge on any atom is -0.462 e. The number of allylic oxidation sites excluding steroid dienone is 3. The number of aliphatic hydroxyl groups is 7. The van der Waals surface area contributed by atoms with Crippen LogP contribution >= 0.6 is 15.6 Å². The highest BCUT2D eigenvalue weighted by Crippen LogP contribution is 2.49. The van der Waals surface area contributed by atoms with Gasteiger partial charge in [-0.25, -0.2) is 9.13 Å². The van der Waals surface area contributed by atoms with E-state index in [4.69, 9.17) is 23.0 Å². The molecule has 1 aliphatic carbocycles. The first-order valence-corrected chi connectivity index (χ1v) is 25.8. The molecule has 0 amide bonds. The van der Waals surface area contributed by atoms with E-state index in [-0.39, 0.29) is 19.3 Å². The van der Waals surface area contributed by atoms with Gasteiger partial charge in [0.05, 0.1) is 43.5 Å². The summed E-state index contributed by atoms with van der Waals surface area (Å²) in [7, 11) is -11.4. The largest absolute Gasteiger partial charge is 0.472 e. The molecule has 1 heterocycles. The highest BCUT2D eigenvalue weighted by atomic mass is 31.2. The molecule has 0 saturated heterocycles. The van der Waals surface area contributed by atoms with Gasteiger partial charge >= 0.3 is 27.6 Å². The van der Waals surface area contributed by atoms with Crippen LogP contribution in [0.4, 0.5) is 0 Å². The molecule has 2 bridgehead atoms. The maximum atomic E-state index is 13.6. The van der Waals surface area contributed by atoms with Gasteiger partial charge < -0.3 is 59.9 Å². The zero-order valence-electron chi connectivity index (χ0n) is 37.3. The number of hydrogen-bond donors (Lipinski definition) is 10. The monoisotopic (exact) mass is 958 g/mol. The summed E-state index contributed by atoms with van der Waals surface area (Å²) in [5, 5.41) is 79.1. The quantitative estimate of drug-likeness (QED) is 0.0295. The Labute approximate surface area is 377 Å². The number of rotatable bonds is 23. The van der Waals surface area contributed by atoms with E-state index in [9.17, 15) is 69.1 Å². The number of esters is 2. The summed E-state index contributed by atoms with van der Waals surface area (Å²) in [6, 6.07) is 0. The number of phosphoric acid groups is 2. The fraction of sp³-hybridized carbons (Fsp3) is 0.814. The molecule has 1 aliphatic heterocycles. The molecule has 1 saturated carbocycles. The first-order valence-electron chi connectivity index (χ1n) is 22.8. The Morgan fingerprint density at radius 2 is 1.48 bits per heavy atom. The summed E-state index contributed by atoms with van der Waals surface area (Å²) < 4.78 is 51.7. The minimum atomic E-state index is -5.75. The molecule has 0 spiro atoms. The van der Waals surface area contributed by atoms with Crippen LogP contribution in [0.3, 0.4) is 0 Å². The van der Waals surface area contributed by atoms with Crippen molar-refractivity contribution >= 4 is 27.6 Å². The van der Waals surface area contributed by atoms with Crippen molar-refractivity contribution in [2.75, 3.05) is 13.2 Å². The smallest absolute Gasteiger partial charge is 0.462 e. The topological polar surface area (TPSA) is 317 Å². The van der Waals surface area contributed by atoms with E-state index < -0.39 is 127 Å². The standard InChI is InChI=1S/C43H76O19P2/c1-3-5-7-8-9-10-11-12-13-14-15-16-18-23-36(47)58-28-31-29-59-64(56,57)62-43-41(52)40(51)38(49)32(22-19-20-24-37(48)60-31)34(45)27-35(46)33(26-25-30(44)21-17-6-4-2)39(50)42(43)61-63(53,54)55/h10-11,19-20,25-26,30-35,38-46,49-52H,3-9,12-18,21-24,27-29H2,1-2H3,(H,56,57)(H2,53,54,55)/b11-10-,20-19-,26-25-/t30-,31-,32-,33+,34+,35-,38-,39-,40+,41-,42-,43+/m1/s1. The van der Waals surface area contributed by atoms with E-state index >= 15 is 0 Å². The lowest BCUT2D eigenvalue weighted by Crippen LogP contribution is -2.56. The fourth-order valence-electron chi connectivity index (χ4n) is 7.58. The third-order valence-electron chi connectivity index (χ3n) is 11.3. The number of aliphatic hydroxyl groups excluding tert-OH is 7. The van der Waals surface area contributed by atoms with Crippen LogP contribution in [0.1, 0.15) is 136 Å². The van der Waals surface area contributed by atoms with Crippen LogP contribution < -0.4 is 0 Å². The van der Waals surface area contributed by atoms with Gasteiger partial charge in [-0.1, -0.05) is 108 Å². The highest BCUT2D eigenvalue weighted by molar-refractivity contribution is 7.47. The van der Waals surface area contributed by atoms with Gasteiger partial charge in [0.15, 0.2) is 6.10 Å². The maximum absolute atomic E-state index is 13.6. The van der Waals surface area contributed by atoms with Crippen molar-refractivity contribution in [1.29, 1.82) is 0 Å². The van der Waals surface area contributed by atoms with Crippen molar-refractivity contribution < 1.29 is 92.2 Å². The van der Waals surface area contributed by atoms with E-state index in [0.717, 1.165) is 57.4 Å². The average Bonchev–Trinajstić information content (AvgIpc) is 3.23. The molecule has 0 aromatic heterocycles. The number of ether oxygens (including phenoxy) is 2. The molecule has 64 heavy (non-hydrogen) atoms. The summed E-state index contributed by atoms with van der Waals surface area (Å²) in [5.74, 6) is -4.74. The van der Waals surface area contributed by atoms with Gasteiger partial charge in [-0.3, -0.25) is 23.2 Å². The van der Waals surface area contributed by atoms with Crippen molar-refractivity contribution in [1.82, 2.24) is 0 Å². The van der Waals surface area contributed by atoms with Crippen LogP contribution in [0, 0.1) is 11.8 Å². The molecular weight excluding hydrogens is 882 g/mol. The molecule has 2 aliphatic rings. The molecule has 2 rings (SSSR count). The second kappa shape index (κ2) is 31.2. The number of phosphoric ester groups is 2. The lowest BCUT2D eigenvalue weighted by Gasteiger charge is -2.38. The van der Waals surface area contributed by atoms with Crippen molar-refractivity contribution in [2.24, 2.45) is 11.8 Å². The van der Waals surface area contributed by atoms with Gasteiger partial charge in [-0.15, -0.1) is 0 Å². The molecule has 1 fully saturated rings. The second-order valence-electron chi connectivity index (χ2n) is 16.8. The molecule has 0 aromatic carbocycles. The Balaban J connectivity index is 2.34. The van der Waals surface area contributed by atoms with Crippen LogP contribution in [0.2, 0.25) is 0 Å². The van der Waals surface area contributed by atoms with Gasteiger partial charge in [0, 0.05) is 24.7 Å². The summed E-state index contributed by atoms with van der Waals surface area (Å²) in [5.41, 5.74) is 0. The normalized spacial score (nSPS) is 32.7. The van der Waals surface area contributed by atoms with Crippen molar-refractivity contribution in [3.8, 4) is 0 Å². The van der Waals surface area contributed by atoms with Crippen LogP contribution in [0.25, 0.3) is 0 Å². The van der Waals surface area contributed by atoms with Gasteiger partial charge in [0.1, 0.15) is 31.0 Å². The van der Waals surface area contributed by atoms with E-state index in [1.807, 2.05) is 6.92 Å². The molecule has 1 unspecified atom stereocenters. The Morgan fingerprint density at radius 3 is 2.14 bits per heavy atom. The number of carbonyl (C=O) groups is 2. The van der Waals surface area contributed by atoms with Crippen LogP contribution in [0.5, 0.6) is 0 Å². The Bertz CT molecular complexity index is 1510. The van der Waals surface area contributed by atoms with Crippen LogP contribution in [-0.2, 0) is 41.8 Å². The predicted molar refractivity (Wildman–Crippen MR) is 234 cm³/mol. The van der Waals surface area contributed by atoms with Crippen LogP contribution in [-0.4, -0.2) is 137 Å². The molecule has 10 N–H and O–H groups in total. The lowest BCUT2D eigenvalue weighted by atomic mass is 9.83. The van der Waals surface area contributed by atoms with Gasteiger partial charge in [0.25, 0.3) is 0 Å². The second-order valence-corrected chi connectivity index (χ2v) is 19.3. The van der Waals surface area contributed by atoms with Crippen molar-refractivity contribution in [3.63, 3.8) is 0 Å². The summed E-state index contributed by atoms with van der Waals surface area (Å²) >= 11 is 0. The Kier molecular flexibility index (Phi) is 28.4. The van der Waals surface area contributed by atoms with E-state index in [1.165, 1.54) is 43.9 Å². The SMILES string of the molecule is CCCCCC/C=C\CCCCCCCC(=O)OC[C@@H]1COP(=O)(O)O[C@H]2[C@H](O)[C@@H](O)[C@H](O)[C@H](C/C=C\CC(=O)O1)[C@@H](O)C[C@@H](O)[C@H](/C=C\[C@H](O)CCCCC)[C@@H](O)[C@H]2OP(=O)(O)O. The van der Waals surface area contributed by atoms with Gasteiger partial charge in [0.2, 0.25) is 0 Å². The first kappa shape index (κ1) is 58.2. The van der Waals surface area contributed by atoms with E-state index in [2.05, 4.69) is 19.1 Å². The molecule has 0 radical (unpaired) electrons. The van der Waals surface area contributed by atoms with E-state index in [1.54, 1.807) is 0 Å². The fourth-order valence-corrected chi connectivity index (χ4v) is 9.11. The summed E-state index contributed by atoms with van der Waals surface area (Å²) in [4.78, 5) is 56.3. The molecule has 13 atom stereocenters. The first-order chi connectivity index (χ1) is 30.3. The number of fused-ring (bicyclic) bond motifs is 4. The minimum absolute atomic E-state index is 0.0380. The van der Waals surface area contributed by atoms with Gasteiger partial charge in [-0.05, 0) is 44.9 Å². The molecule has 19 nitrogen and oxygen atoms in total. The number of cyclic esters (lactones) is 1. The van der Waals surface area contributed by atoms with Crippen LogP contribution in [0.15, 0.2) is 36.5 Å². The summed E-state index contributed by atoms with van der Waals surface area (Å²) in [6.07, 6.45) is 0.480. The third-order valence-corrected chi connectivity index (χ3v) is 12.8. The van der Waals surface area contributed by atoms with E-state index in [0.29, 0.717) is 12.8 Å². The molecule has 21 heteroatoms. The molecular formula is C43H76O19P2. The number of unbranched alkanes of at least 4 members (excludes halogenated alkanes) is 11. The third kappa shape index (κ3) is 23.2. The molecule has 372 valence electrons. The highest BCUT2D eigenvalue weighted by Gasteiger charge is 2.51. The van der Waals surface area contributed by atoms with Crippen molar-refractivity contribution in [2.45, 2.75) is 197 Å². The Hall–Kier alpha value is -1.90. The zero-order chi connectivity index (χ0) is 47.7. The zero-order valence-corrected chi connectivity index (χ0v) is 39.1.